The van der Waals surface area contributed by atoms with Crippen molar-refractivity contribution in [3.05, 3.63) is 36.5 Å². The minimum Gasteiger partial charge on any atom is -0.390 e. The second-order valence-corrected chi connectivity index (χ2v) is 5.91. The van der Waals surface area contributed by atoms with Gasteiger partial charge in [0.15, 0.2) is 0 Å². The molecule has 0 aliphatic carbocycles. The lowest BCUT2D eigenvalue weighted by atomic mass is 10.2. The zero-order valence-corrected chi connectivity index (χ0v) is 13.3. The molecule has 0 radical (unpaired) electrons. The van der Waals surface area contributed by atoms with E-state index in [1.54, 1.807) is 15.7 Å². The van der Waals surface area contributed by atoms with Crippen LogP contribution in [0.5, 0.6) is 0 Å². The molecular weight excluding hydrogens is 310 g/mol. The van der Waals surface area contributed by atoms with E-state index in [0.717, 1.165) is 5.56 Å². The van der Waals surface area contributed by atoms with E-state index in [9.17, 15) is 9.90 Å². The highest BCUT2D eigenvalue weighted by Gasteiger charge is 2.24. The summed E-state index contributed by atoms with van der Waals surface area (Å²) < 4.78 is 1.62. The number of nitrogens with two attached hydrogens (primary N) is 1. The zero-order valence-electron chi connectivity index (χ0n) is 13.3. The number of hydrogen-bond donors (Lipinski definition) is 2. The molecule has 1 atom stereocenters. The third kappa shape index (κ3) is 4.06. The molecule has 0 saturated carbocycles. The molecule has 3 rings (SSSR count). The van der Waals surface area contributed by atoms with Crippen molar-refractivity contribution in [1.29, 1.82) is 0 Å². The normalized spacial score (nSPS) is 19.2. The Morgan fingerprint density at radius 2 is 2.08 bits per heavy atom. The van der Waals surface area contributed by atoms with Crippen LogP contribution in [0.4, 0.5) is 5.82 Å². The Morgan fingerprint density at radius 3 is 2.83 bits per heavy atom. The van der Waals surface area contributed by atoms with Gasteiger partial charge in [0.2, 0.25) is 5.91 Å². The number of aromatic nitrogens is 4. The van der Waals surface area contributed by atoms with Gasteiger partial charge in [0, 0.05) is 44.5 Å². The van der Waals surface area contributed by atoms with Gasteiger partial charge >= 0.3 is 0 Å². The summed E-state index contributed by atoms with van der Waals surface area (Å²) in [4.78, 5) is 20.2. The van der Waals surface area contributed by atoms with E-state index in [1.165, 1.54) is 12.7 Å². The van der Waals surface area contributed by atoms with Crippen molar-refractivity contribution in [2.24, 2.45) is 0 Å². The number of rotatable bonds is 4. The molecule has 2 aromatic heterocycles. The second kappa shape index (κ2) is 7.37. The smallest absolute Gasteiger partial charge is 0.242 e. The van der Waals surface area contributed by atoms with Gasteiger partial charge in [0.05, 0.1) is 6.10 Å². The van der Waals surface area contributed by atoms with Gasteiger partial charge in [-0.05, 0) is 6.07 Å². The lowest BCUT2D eigenvalue weighted by molar-refractivity contribution is -0.132. The molecule has 1 aliphatic heterocycles. The van der Waals surface area contributed by atoms with Crippen LogP contribution in [0.25, 0.3) is 0 Å². The second-order valence-electron chi connectivity index (χ2n) is 5.91. The number of carbonyl (C=O) groups is 1. The largest absolute Gasteiger partial charge is 0.390 e. The number of β-amino-alcohol motifs (C(OH)–C–C–N with tert-alkyl or cyclic N) is 1. The first-order valence-electron chi connectivity index (χ1n) is 7.82. The van der Waals surface area contributed by atoms with E-state index in [2.05, 4.69) is 20.1 Å². The van der Waals surface area contributed by atoms with E-state index in [-0.39, 0.29) is 12.5 Å². The molecule has 3 heterocycles. The molecule has 0 aromatic carbocycles. The topological polar surface area (TPSA) is 113 Å². The Morgan fingerprint density at radius 1 is 1.29 bits per heavy atom. The molecule has 128 valence electrons. The third-order valence-corrected chi connectivity index (χ3v) is 4.04. The van der Waals surface area contributed by atoms with Crippen LogP contribution in [-0.2, 0) is 17.9 Å². The summed E-state index contributed by atoms with van der Waals surface area (Å²) in [5.74, 6) is 0.438. The number of amides is 1. The number of nitrogen functional groups attached to an aromatic ring is 1. The molecule has 1 saturated heterocycles. The predicted molar refractivity (Wildman–Crippen MR) is 86.5 cm³/mol. The molecule has 1 aliphatic rings. The monoisotopic (exact) mass is 331 g/mol. The average molecular weight is 331 g/mol. The maximum absolute atomic E-state index is 12.4. The molecule has 1 unspecified atom stereocenters. The number of aliphatic hydroxyl groups excluding tert-OH is 1. The summed E-state index contributed by atoms with van der Waals surface area (Å²) in [6, 6.07) is 3.77. The van der Waals surface area contributed by atoms with Gasteiger partial charge < -0.3 is 20.3 Å². The number of anilines is 1. The van der Waals surface area contributed by atoms with Crippen molar-refractivity contribution >= 4 is 11.7 Å². The fourth-order valence-corrected chi connectivity index (χ4v) is 2.81. The Kier molecular flexibility index (Phi) is 5.02. The molecule has 0 spiro atoms. The van der Waals surface area contributed by atoms with Crippen LogP contribution in [0.15, 0.2) is 31.0 Å². The molecule has 9 heteroatoms. The molecule has 3 N–H and O–H groups in total. The quantitative estimate of drug-likeness (QED) is 0.735. The maximum atomic E-state index is 12.4. The van der Waals surface area contributed by atoms with E-state index < -0.39 is 6.10 Å². The van der Waals surface area contributed by atoms with Gasteiger partial charge in [0.25, 0.3) is 0 Å². The third-order valence-electron chi connectivity index (χ3n) is 4.04. The molecular formula is C15H21N7O2. The van der Waals surface area contributed by atoms with Crippen LogP contribution >= 0.6 is 0 Å². The minimum absolute atomic E-state index is 0.0587. The highest BCUT2D eigenvalue weighted by atomic mass is 16.3. The Labute approximate surface area is 139 Å². The molecule has 24 heavy (non-hydrogen) atoms. The van der Waals surface area contributed by atoms with Crippen LogP contribution in [0.2, 0.25) is 0 Å². The van der Waals surface area contributed by atoms with Crippen molar-refractivity contribution < 1.29 is 9.90 Å². The van der Waals surface area contributed by atoms with Gasteiger partial charge in [-0.3, -0.25) is 9.69 Å². The summed E-state index contributed by atoms with van der Waals surface area (Å²) in [7, 11) is 0. The number of carbonyl (C=O) groups excluding carboxylic acids is 1. The predicted octanol–water partition coefficient (Wildman–Crippen LogP) is -1.04. The Balaban J connectivity index is 1.60. The van der Waals surface area contributed by atoms with Crippen LogP contribution in [0.1, 0.15) is 5.56 Å². The molecule has 2 aromatic rings. The van der Waals surface area contributed by atoms with E-state index in [0.29, 0.717) is 38.5 Å². The van der Waals surface area contributed by atoms with Gasteiger partial charge in [-0.25, -0.2) is 4.98 Å². The summed E-state index contributed by atoms with van der Waals surface area (Å²) in [6.07, 6.45) is 4.06. The average Bonchev–Trinajstić information content (AvgIpc) is 2.98. The first kappa shape index (κ1) is 16.3. The summed E-state index contributed by atoms with van der Waals surface area (Å²) in [5.41, 5.74) is 6.81. The molecule has 1 amide bonds. The standard InChI is InChI=1S/C15H21N7O2/c16-15-12(2-1-3-17-15)6-20-4-5-22(8-13(23)7-20)14(24)9-21-10-18-19-11-21/h1-3,10-11,13,23H,4-9H2,(H2,16,17). The van der Waals surface area contributed by atoms with E-state index in [1.807, 2.05) is 12.1 Å². The lowest BCUT2D eigenvalue weighted by Crippen LogP contribution is -2.39. The number of pyridine rings is 1. The van der Waals surface area contributed by atoms with Crippen LogP contribution in [0, 0.1) is 0 Å². The summed E-state index contributed by atoms with van der Waals surface area (Å²) in [5, 5.41) is 17.6. The fourth-order valence-electron chi connectivity index (χ4n) is 2.81. The van der Waals surface area contributed by atoms with Gasteiger partial charge in [0.1, 0.15) is 25.0 Å². The van der Waals surface area contributed by atoms with Gasteiger partial charge in [-0.2, -0.15) is 0 Å². The Hall–Kier alpha value is -2.52. The lowest BCUT2D eigenvalue weighted by Gasteiger charge is -2.22. The molecule has 0 bridgehead atoms. The highest BCUT2D eigenvalue weighted by molar-refractivity contribution is 5.76. The summed E-state index contributed by atoms with van der Waals surface area (Å²) >= 11 is 0. The number of hydrogen-bond acceptors (Lipinski definition) is 7. The first-order chi connectivity index (χ1) is 11.6. The van der Waals surface area contributed by atoms with E-state index in [4.69, 9.17) is 5.73 Å². The van der Waals surface area contributed by atoms with Crippen LogP contribution in [-0.4, -0.2) is 72.8 Å². The van der Waals surface area contributed by atoms with Crippen molar-refractivity contribution in [2.75, 3.05) is 31.9 Å². The summed E-state index contributed by atoms with van der Waals surface area (Å²) in [6.45, 7) is 2.81. The molecule has 9 nitrogen and oxygen atoms in total. The zero-order chi connectivity index (χ0) is 16.9. The number of nitrogens with zero attached hydrogens (tertiary/aromatic N) is 6. The molecule has 1 fully saturated rings. The van der Waals surface area contributed by atoms with Crippen molar-refractivity contribution in [3.63, 3.8) is 0 Å². The van der Waals surface area contributed by atoms with Crippen molar-refractivity contribution in [2.45, 2.75) is 19.2 Å². The van der Waals surface area contributed by atoms with Crippen LogP contribution in [0.3, 0.4) is 0 Å². The minimum atomic E-state index is -0.602. The van der Waals surface area contributed by atoms with Crippen molar-refractivity contribution in [3.8, 4) is 0 Å². The Bertz CT molecular complexity index is 676. The SMILES string of the molecule is Nc1ncccc1CN1CCN(C(=O)Cn2cnnc2)CC(O)C1. The van der Waals surface area contributed by atoms with Gasteiger partial charge in [-0.15, -0.1) is 10.2 Å². The number of aliphatic hydroxyl groups is 1. The van der Waals surface area contributed by atoms with E-state index >= 15 is 0 Å². The van der Waals surface area contributed by atoms with Gasteiger partial charge in [-0.1, -0.05) is 6.07 Å². The van der Waals surface area contributed by atoms with Crippen LogP contribution < -0.4 is 5.73 Å². The van der Waals surface area contributed by atoms with Crippen molar-refractivity contribution in [1.82, 2.24) is 29.5 Å². The fraction of sp³-hybridized carbons (Fsp3) is 0.467. The first-order valence-corrected chi connectivity index (χ1v) is 7.82. The maximum Gasteiger partial charge on any atom is 0.242 e. The highest BCUT2D eigenvalue weighted by Crippen LogP contribution is 2.13.